The quantitative estimate of drug-likeness (QED) is 0.389. The van der Waals surface area contributed by atoms with Crippen molar-refractivity contribution in [1.29, 1.82) is 0 Å². The lowest BCUT2D eigenvalue weighted by Gasteiger charge is -2.24. The van der Waals surface area contributed by atoms with E-state index in [0.717, 1.165) is 26.7 Å². The second kappa shape index (κ2) is 11.3. The fraction of sp³-hybridized carbons (Fsp3) is 0.296. The molecule has 0 aromatic heterocycles. The number of benzene rings is 3. The standard InChI is InChI=1S/C27H31BrN2O3S/c1-19-16-21(3)26(17-20(19)2)22(4)29-27(31)18-30(15-14-23-8-6-5-7-9-23)34(32,33)25-12-10-24(28)11-13-25/h5-13,16-17,22H,14-15,18H2,1-4H3,(H,29,31)/t22-/m1/s1. The number of hydrogen-bond donors (Lipinski definition) is 1. The summed E-state index contributed by atoms with van der Waals surface area (Å²) < 4.78 is 28.9. The van der Waals surface area contributed by atoms with Crippen LogP contribution in [0.2, 0.25) is 0 Å². The van der Waals surface area contributed by atoms with Crippen LogP contribution in [0.5, 0.6) is 0 Å². The van der Waals surface area contributed by atoms with Crippen LogP contribution >= 0.6 is 15.9 Å². The van der Waals surface area contributed by atoms with Gasteiger partial charge in [-0.3, -0.25) is 4.79 Å². The molecule has 3 aromatic rings. The number of nitrogens with one attached hydrogen (secondary N) is 1. The smallest absolute Gasteiger partial charge is 0.243 e. The van der Waals surface area contributed by atoms with Gasteiger partial charge in [-0.1, -0.05) is 58.4 Å². The zero-order valence-electron chi connectivity index (χ0n) is 20.0. The van der Waals surface area contributed by atoms with Crippen LogP contribution < -0.4 is 5.32 Å². The van der Waals surface area contributed by atoms with Crippen LogP contribution in [0, 0.1) is 20.8 Å². The summed E-state index contributed by atoms with van der Waals surface area (Å²) in [4.78, 5) is 13.2. The molecule has 0 aliphatic carbocycles. The number of carbonyl (C=O) groups is 1. The molecule has 0 saturated heterocycles. The average Bonchev–Trinajstić information content (AvgIpc) is 2.79. The fourth-order valence-electron chi connectivity index (χ4n) is 3.91. The van der Waals surface area contributed by atoms with E-state index in [2.05, 4.69) is 40.3 Å². The van der Waals surface area contributed by atoms with E-state index in [0.29, 0.717) is 6.42 Å². The SMILES string of the molecule is Cc1cc(C)c([C@@H](C)NC(=O)CN(CCc2ccccc2)S(=O)(=O)c2ccc(Br)cc2)cc1C. The number of nitrogens with zero attached hydrogens (tertiary/aromatic N) is 1. The number of amides is 1. The molecule has 34 heavy (non-hydrogen) atoms. The van der Waals surface area contributed by atoms with Crippen molar-refractivity contribution < 1.29 is 13.2 Å². The van der Waals surface area contributed by atoms with Crippen LogP contribution in [0.25, 0.3) is 0 Å². The highest BCUT2D eigenvalue weighted by atomic mass is 79.9. The van der Waals surface area contributed by atoms with Gasteiger partial charge in [0.2, 0.25) is 15.9 Å². The predicted molar refractivity (Wildman–Crippen MR) is 140 cm³/mol. The van der Waals surface area contributed by atoms with Gasteiger partial charge in [0, 0.05) is 11.0 Å². The minimum absolute atomic E-state index is 0.162. The molecule has 0 saturated carbocycles. The molecule has 7 heteroatoms. The van der Waals surface area contributed by atoms with E-state index in [9.17, 15) is 13.2 Å². The van der Waals surface area contributed by atoms with Crippen LogP contribution in [0.3, 0.4) is 0 Å². The van der Waals surface area contributed by atoms with Crippen molar-refractivity contribution in [3.63, 3.8) is 0 Å². The third kappa shape index (κ3) is 6.56. The Morgan fingerprint density at radius 2 is 1.56 bits per heavy atom. The average molecular weight is 544 g/mol. The Hall–Kier alpha value is -2.48. The first-order valence-corrected chi connectivity index (χ1v) is 13.5. The largest absolute Gasteiger partial charge is 0.348 e. The summed E-state index contributed by atoms with van der Waals surface area (Å²) in [7, 11) is -3.85. The molecule has 0 radical (unpaired) electrons. The summed E-state index contributed by atoms with van der Waals surface area (Å²) in [6, 6.07) is 20.1. The van der Waals surface area contributed by atoms with Crippen LogP contribution in [-0.2, 0) is 21.2 Å². The molecule has 1 atom stereocenters. The predicted octanol–water partition coefficient (Wildman–Crippen LogP) is 5.49. The Morgan fingerprint density at radius 3 is 2.21 bits per heavy atom. The summed E-state index contributed by atoms with van der Waals surface area (Å²) in [6.07, 6.45) is 0.510. The van der Waals surface area contributed by atoms with E-state index in [-0.39, 0.29) is 29.9 Å². The molecular weight excluding hydrogens is 512 g/mol. The maximum absolute atomic E-state index is 13.4. The second-order valence-corrected chi connectivity index (χ2v) is 11.5. The topological polar surface area (TPSA) is 66.5 Å². The van der Waals surface area contributed by atoms with Gasteiger partial charge < -0.3 is 5.32 Å². The van der Waals surface area contributed by atoms with Gasteiger partial charge in [0.1, 0.15) is 0 Å². The first kappa shape index (κ1) is 26.1. The molecule has 0 aliphatic rings. The summed E-state index contributed by atoms with van der Waals surface area (Å²) in [5.74, 6) is -0.334. The molecule has 0 unspecified atom stereocenters. The second-order valence-electron chi connectivity index (χ2n) is 8.61. The van der Waals surface area contributed by atoms with Gasteiger partial charge >= 0.3 is 0 Å². The lowest BCUT2D eigenvalue weighted by Crippen LogP contribution is -2.42. The summed E-state index contributed by atoms with van der Waals surface area (Å²) in [5.41, 5.74) is 5.50. The van der Waals surface area contributed by atoms with Gasteiger partial charge in [0.05, 0.1) is 17.5 Å². The summed E-state index contributed by atoms with van der Waals surface area (Å²) >= 11 is 3.34. The molecule has 1 amide bonds. The minimum atomic E-state index is -3.85. The number of aryl methyl sites for hydroxylation is 3. The molecule has 0 bridgehead atoms. The van der Waals surface area contributed by atoms with Gasteiger partial charge in [0.15, 0.2) is 0 Å². The minimum Gasteiger partial charge on any atom is -0.348 e. The number of rotatable bonds is 9. The number of carbonyl (C=O) groups excluding carboxylic acids is 1. The van der Waals surface area contributed by atoms with Crippen molar-refractivity contribution >= 4 is 31.9 Å². The highest BCUT2D eigenvalue weighted by Gasteiger charge is 2.27. The third-order valence-electron chi connectivity index (χ3n) is 5.99. The molecular formula is C27H31BrN2O3S. The number of sulfonamides is 1. The fourth-order valence-corrected chi connectivity index (χ4v) is 5.57. The molecule has 3 rings (SSSR count). The molecule has 0 fully saturated rings. The molecule has 180 valence electrons. The lowest BCUT2D eigenvalue weighted by atomic mass is 9.96. The van der Waals surface area contributed by atoms with Gasteiger partial charge in [0.25, 0.3) is 0 Å². The molecule has 3 aromatic carbocycles. The van der Waals surface area contributed by atoms with Crippen molar-refractivity contribution in [3.05, 3.63) is 99.0 Å². The number of halogens is 1. The summed E-state index contributed by atoms with van der Waals surface area (Å²) in [5, 5.41) is 2.99. The Morgan fingerprint density at radius 1 is 0.941 bits per heavy atom. The molecule has 0 spiro atoms. The Labute approximate surface area is 211 Å². The van der Waals surface area contributed by atoms with Crippen LogP contribution in [0.4, 0.5) is 0 Å². The summed E-state index contributed by atoms with van der Waals surface area (Å²) in [6.45, 7) is 8.00. The van der Waals surface area contributed by atoms with E-state index in [1.807, 2.05) is 51.1 Å². The van der Waals surface area contributed by atoms with Gasteiger partial charge in [-0.2, -0.15) is 4.31 Å². The highest BCUT2D eigenvalue weighted by molar-refractivity contribution is 9.10. The van der Waals surface area contributed by atoms with E-state index in [1.54, 1.807) is 24.3 Å². The van der Waals surface area contributed by atoms with E-state index in [4.69, 9.17) is 0 Å². The van der Waals surface area contributed by atoms with E-state index in [1.165, 1.54) is 9.87 Å². The van der Waals surface area contributed by atoms with Gasteiger partial charge in [-0.05, 0) is 86.2 Å². The first-order chi connectivity index (χ1) is 16.1. The van der Waals surface area contributed by atoms with Crippen LogP contribution in [-0.4, -0.2) is 31.7 Å². The molecule has 5 nitrogen and oxygen atoms in total. The Bertz CT molecular complexity index is 1240. The van der Waals surface area contributed by atoms with E-state index >= 15 is 0 Å². The van der Waals surface area contributed by atoms with Crippen molar-refractivity contribution in [1.82, 2.24) is 9.62 Å². The lowest BCUT2D eigenvalue weighted by molar-refractivity contribution is -0.121. The molecule has 0 aliphatic heterocycles. The molecule has 0 heterocycles. The first-order valence-electron chi connectivity index (χ1n) is 11.2. The van der Waals surface area contributed by atoms with Gasteiger partial charge in [-0.25, -0.2) is 8.42 Å². The molecule has 1 N–H and O–H groups in total. The van der Waals surface area contributed by atoms with Crippen LogP contribution in [0.15, 0.2) is 76.1 Å². The maximum atomic E-state index is 13.4. The van der Waals surface area contributed by atoms with E-state index < -0.39 is 10.0 Å². The van der Waals surface area contributed by atoms with Crippen LogP contribution in [0.1, 0.15) is 40.8 Å². The van der Waals surface area contributed by atoms with Crippen molar-refractivity contribution in [2.24, 2.45) is 0 Å². The third-order valence-corrected chi connectivity index (χ3v) is 8.38. The maximum Gasteiger partial charge on any atom is 0.243 e. The van der Waals surface area contributed by atoms with Crippen molar-refractivity contribution in [2.45, 2.75) is 45.1 Å². The van der Waals surface area contributed by atoms with Crippen molar-refractivity contribution in [3.8, 4) is 0 Å². The Kier molecular flexibility index (Phi) is 8.68. The number of hydrogen-bond acceptors (Lipinski definition) is 3. The Balaban J connectivity index is 1.80. The monoisotopic (exact) mass is 542 g/mol. The normalized spacial score (nSPS) is 12.5. The van der Waals surface area contributed by atoms with Gasteiger partial charge in [-0.15, -0.1) is 0 Å². The zero-order valence-corrected chi connectivity index (χ0v) is 22.4. The zero-order chi connectivity index (χ0) is 24.9. The highest BCUT2D eigenvalue weighted by Crippen LogP contribution is 2.23. The van der Waals surface area contributed by atoms with Crippen molar-refractivity contribution in [2.75, 3.05) is 13.1 Å².